The summed E-state index contributed by atoms with van der Waals surface area (Å²) >= 11 is 0. The van der Waals surface area contributed by atoms with E-state index in [-0.39, 0.29) is 5.91 Å². The number of nitrogens with one attached hydrogen (secondary N) is 1. The molecule has 1 aliphatic heterocycles. The zero-order valence-electron chi connectivity index (χ0n) is 9.46. The average Bonchev–Trinajstić information content (AvgIpc) is 2.95. The molecule has 1 aromatic heterocycles. The van der Waals surface area contributed by atoms with E-state index in [1.54, 1.807) is 29.1 Å². The first kappa shape index (κ1) is 10.5. The summed E-state index contributed by atoms with van der Waals surface area (Å²) in [7, 11) is 0. The van der Waals surface area contributed by atoms with Gasteiger partial charge >= 0.3 is 0 Å². The Hall–Kier alpha value is -2.62. The molecule has 0 radical (unpaired) electrons. The Balaban J connectivity index is 2.12. The van der Waals surface area contributed by atoms with E-state index in [0.29, 0.717) is 11.3 Å². The lowest BCUT2D eigenvalue weighted by Gasteiger charge is -2.00. The molecule has 1 N–H and O–H groups in total. The zero-order chi connectivity index (χ0) is 12.5. The molecule has 0 atom stereocenters. The summed E-state index contributed by atoms with van der Waals surface area (Å²) in [6, 6.07) is 10.9. The van der Waals surface area contributed by atoms with Crippen molar-refractivity contribution >= 4 is 29.7 Å². The predicted octanol–water partition coefficient (Wildman–Crippen LogP) is 2.25. The summed E-state index contributed by atoms with van der Waals surface area (Å²) in [4.78, 5) is 22.7. The number of carbonyl (C=O) groups is 2. The summed E-state index contributed by atoms with van der Waals surface area (Å²) in [5, 5.41) is 2.79. The summed E-state index contributed by atoms with van der Waals surface area (Å²) < 4.78 is 1.64. The van der Waals surface area contributed by atoms with Gasteiger partial charge in [0.15, 0.2) is 6.29 Å². The van der Waals surface area contributed by atoms with Crippen molar-refractivity contribution in [3.05, 3.63) is 53.9 Å². The highest BCUT2D eigenvalue weighted by Gasteiger charge is 2.23. The van der Waals surface area contributed by atoms with Gasteiger partial charge in [0.1, 0.15) is 0 Å². The van der Waals surface area contributed by atoms with Crippen molar-refractivity contribution in [1.82, 2.24) is 4.57 Å². The smallest absolute Gasteiger partial charge is 0.257 e. The maximum Gasteiger partial charge on any atom is 0.257 e. The van der Waals surface area contributed by atoms with Gasteiger partial charge in [-0.3, -0.25) is 9.59 Å². The highest BCUT2D eigenvalue weighted by Crippen LogP contribution is 2.31. The van der Waals surface area contributed by atoms with E-state index in [4.69, 9.17) is 0 Å². The number of rotatable bonds is 2. The molecule has 0 fully saturated rings. The van der Waals surface area contributed by atoms with Gasteiger partial charge in [-0.05, 0) is 18.2 Å². The number of aromatic nitrogens is 1. The third-order valence-corrected chi connectivity index (χ3v) is 2.91. The van der Waals surface area contributed by atoms with Crippen LogP contribution in [-0.4, -0.2) is 16.8 Å². The number of benzene rings is 1. The van der Waals surface area contributed by atoms with Crippen molar-refractivity contribution in [2.45, 2.75) is 0 Å². The number of para-hydroxylation sites is 1. The van der Waals surface area contributed by atoms with Gasteiger partial charge in [0, 0.05) is 23.6 Å². The van der Waals surface area contributed by atoms with Crippen molar-refractivity contribution in [1.29, 1.82) is 0 Å². The van der Waals surface area contributed by atoms with Crippen LogP contribution in [0.2, 0.25) is 0 Å². The number of amides is 1. The van der Waals surface area contributed by atoms with Gasteiger partial charge in [0.2, 0.25) is 0 Å². The minimum absolute atomic E-state index is 0.151. The van der Waals surface area contributed by atoms with Crippen molar-refractivity contribution < 1.29 is 9.59 Å². The van der Waals surface area contributed by atoms with Crippen LogP contribution in [0.5, 0.6) is 0 Å². The lowest BCUT2D eigenvalue weighted by Crippen LogP contribution is -2.05. The first-order valence-corrected chi connectivity index (χ1v) is 5.54. The van der Waals surface area contributed by atoms with Crippen LogP contribution < -0.4 is 5.32 Å². The molecule has 18 heavy (non-hydrogen) atoms. The van der Waals surface area contributed by atoms with E-state index < -0.39 is 0 Å². The van der Waals surface area contributed by atoms with Crippen LogP contribution in [0.25, 0.3) is 11.8 Å². The summed E-state index contributed by atoms with van der Waals surface area (Å²) in [6.07, 6.45) is 4.17. The van der Waals surface area contributed by atoms with E-state index in [0.717, 1.165) is 17.5 Å². The van der Waals surface area contributed by atoms with Crippen molar-refractivity contribution in [2.24, 2.45) is 0 Å². The van der Waals surface area contributed by atoms with Crippen LogP contribution in [0.4, 0.5) is 5.69 Å². The highest BCUT2D eigenvalue weighted by atomic mass is 16.2. The molecule has 2 aromatic rings. The van der Waals surface area contributed by atoms with E-state index >= 15 is 0 Å². The summed E-state index contributed by atoms with van der Waals surface area (Å²) in [5.74, 6) is -0.151. The summed E-state index contributed by atoms with van der Waals surface area (Å²) in [6.45, 7) is 0. The Kier molecular flexibility index (Phi) is 2.34. The van der Waals surface area contributed by atoms with Crippen LogP contribution in [0.15, 0.2) is 42.6 Å². The highest BCUT2D eigenvalue weighted by molar-refractivity contribution is 6.34. The van der Waals surface area contributed by atoms with Crippen molar-refractivity contribution in [3.8, 4) is 0 Å². The molecule has 4 nitrogen and oxygen atoms in total. The third-order valence-electron chi connectivity index (χ3n) is 2.91. The van der Waals surface area contributed by atoms with Crippen molar-refractivity contribution in [3.63, 3.8) is 0 Å². The Morgan fingerprint density at radius 1 is 1.11 bits per heavy atom. The molecule has 3 rings (SSSR count). The molecular formula is C14H10N2O2. The Bertz CT molecular complexity index is 668. The van der Waals surface area contributed by atoms with Gasteiger partial charge in [0.25, 0.3) is 5.91 Å². The number of hydrogen-bond acceptors (Lipinski definition) is 2. The lowest BCUT2D eigenvalue weighted by molar-refractivity contribution is -0.110. The van der Waals surface area contributed by atoms with Gasteiger partial charge in [-0.25, -0.2) is 0 Å². The molecule has 2 heterocycles. The molecule has 1 aromatic carbocycles. The molecule has 1 amide bonds. The third kappa shape index (κ3) is 1.55. The van der Waals surface area contributed by atoms with E-state index in [2.05, 4.69) is 5.32 Å². The van der Waals surface area contributed by atoms with Crippen LogP contribution >= 0.6 is 0 Å². The Morgan fingerprint density at radius 3 is 2.78 bits per heavy atom. The fraction of sp³-hybridized carbons (Fsp3) is 0. The largest absolute Gasteiger partial charge is 0.321 e. The molecular weight excluding hydrogens is 228 g/mol. The molecule has 0 unspecified atom stereocenters. The lowest BCUT2D eigenvalue weighted by atomic mass is 10.1. The van der Waals surface area contributed by atoms with Gasteiger partial charge in [-0.1, -0.05) is 18.2 Å². The SMILES string of the molecule is O=Cc1cccn1C=C1C(=O)Nc2ccccc21. The number of carbonyl (C=O) groups excluding carboxylic acids is 2. The van der Waals surface area contributed by atoms with Gasteiger partial charge in [-0.2, -0.15) is 0 Å². The minimum atomic E-state index is -0.151. The van der Waals surface area contributed by atoms with Crippen LogP contribution in [-0.2, 0) is 4.79 Å². The fourth-order valence-corrected chi connectivity index (χ4v) is 2.03. The first-order valence-electron chi connectivity index (χ1n) is 5.54. The molecule has 88 valence electrons. The number of hydrogen-bond donors (Lipinski definition) is 1. The van der Waals surface area contributed by atoms with E-state index in [9.17, 15) is 9.59 Å². The van der Waals surface area contributed by atoms with Gasteiger partial charge < -0.3 is 9.88 Å². The van der Waals surface area contributed by atoms with Crippen LogP contribution in [0, 0.1) is 0 Å². The normalized spacial score (nSPS) is 15.6. The molecule has 0 bridgehead atoms. The number of nitrogens with zero attached hydrogens (tertiary/aromatic N) is 1. The number of fused-ring (bicyclic) bond motifs is 1. The zero-order valence-corrected chi connectivity index (χ0v) is 9.46. The average molecular weight is 238 g/mol. The van der Waals surface area contributed by atoms with E-state index in [1.165, 1.54) is 0 Å². The van der Waals surface area contributed by atoms with Crippen LogP contribution in [0.1, 0.15) is 16.1 Å². The minimum Gasteiger partial charge on any atom is -0.321 e. The fourth-order valence-electron chi connectivity index (χ4n) is 2.03. The standard InChI is InChI=1S/C14H10N2O2/c17-9-10-4-3-7-16(10)8-12-11-5-1-2-6-13(11)15-14(12)18/h1-9H,(H,15,18). The number of aldehydes is 1. The predicted molar refractivity (Wildman–Crippen MR) is 69.1 cm³/mol. The maximum atomic E-state index is 11.9. The maximum absolute atomic E-state index is 11.9. The second-order valence-electron chi connectivity index (χ2n) is 4.00. The first-order chi connectivity index (χ1) is 8.79. The summed E-state index contributed by atoms with van der Waals surface area (Å²) in [5.41, 5.74) is 2.73. The van der Waals surface area contributed by atoms with E-state index in [1.807, 2.05) is 24.3 Å². The molecule has 1 aliphatic rings. The molecule has 4 heteroatoms. The quantitative estimate of drug-likeness (QED) is 0.644. The Morgan fingerprint density at radius 2 is 1.94 bits per heavy atom. The second-order valence-corrected chi connectivity index (χ2v) is 4.00. The topological polar surface area (TPSA) is 51.1 Å². The molecule has 0 spiro atoms. The monoisotopic (exact) mass is 238 g/mol. The number of anilines is 1. The molecule has 0 saturated heterocycles. The molecule has 0 aliphatic carbocycles. The molecule has 0 saturated carbocycles. The Labute approximate surface area is 104 Å². The van der Waals surface area contributed by atoms with Gasteiger partial charge in [0.05, 0.1) is 11.3 Å². The van der Waals surface area contributed by atoms with Gasteiger partial charge in [-0.15, -0.1) is 0 Å². The second kappa shape index (κ2) is 4.00. The van der Waals surface area contributed by atoms with Crippen molar-refractivity contribution in [2.75, 3.05) is 5.32 Å². The van der Waals surface area contributed by atoms with Crippen LogP contribution in [0.3, 0.4) is 0 Å².